The molecule has 0 saturated heterocycles. The van der Waals surface area contributed by atoms with Crippen molar-refractivity contribution in [2.24, 2.45) is 0 Å². The molecule has 14 heavy (non-hydrogen) atoms. The van der Waals surface area contributed by atoms with E-state index in [1.165, 1.54) is 0 Å². The standard InChI is InChI=1S/C11H13ClO2/c1-8(12)6-9-2-4-10(5-3-9)7-11(13)14/h2-5,8H,6-7H2,1H3,(H,13,14)/t8-/m1/s1. The van der Waals surface area contributed by atoms with Crippen molar-refractivity contribution >= 4 is 17.6 Å². The number of hydrogen-bond donors (Lipinski definition) is 1. The Morgan fingerprint density at radius 3 is 2.29 bits per heavy atom. The third kappa shape index (κ3) is 3.79. The number of halogens is 1. The first-order valence-electron chi connectivity index (χ1n) is 4.51. The molecular formula is C11H13ClO2. The quantitative estimate of drug-likeness (QED) is 0.779. The molecule has 3 heteroatoms. The molecule has 0 bridgehead atoms. The summed E-state index contributed by atoms with van der Waals surface area (Å²) >= 11 is 5.84. The number of hydrogen-bond acceptors (Lipinski definition) is 1. The largest absolute Gasteiger partial charge is 0.481 e. The normalized spacial score (nSPS) is 12.4. The third-order valence-corrected chi connectivity index (χ3v) is 2.05. The van der Waals surface area contributed by atoms with Gasteiger partial charge in [-0.3, -0.25) is 4.79 Å². The van der Waals surface area contributed by atoms with Crippen molar-refractivity contribution < 1.29 is 9.90 Å². The monoisotopic (exact) mass is 212 g/mol. The molecule has 0 unspecified atom stereocenters. The molecule has 0 aliphatic heterocycles. The Hall–Kier alpha value is -1.02. The highest BCUT2D eigenvalue weighted by atomic mass is 35.5. The molecule has 76 valence electrons. The maximum atomic E-state index is 10.4. The van der Waals surface area contributed by atoms with Gasteiger partial charge in [0, 0.05) is 5.38 Å². The highest BCUT2D eigenvalue weighted by molar-refractivity contribution is 6.20. The van der Waals surface area contributed by atoms with Gasteiger partial charge in [0.2, 0.25) is 0 Å². The summed E-state index contributed by atoms with van der Waals surface area (Å²) in [6.45, 7) is 1.94. The molecule has 0 aliphatic rings. The van der Waals surface area contributed by atoms with Gasteiger partial charge in [0.05, 0.1) is 6.42 Å². The van der Waals surface area contributed by atoms with Crippen LogP contribution in [0.1, 0.15) is 18.1 Å². The third-order valence-electron chi connectivity index (χ3n) is 1.90. The summed E-state index contributed by atoms with van der Waals surface area (Å²) in [5.41, 5.74) is 1.96. The summed E-state index contributed by atoms with van der Waals surface area (Å²) in [6.07, 6.45) is 0.894. The van der Waals surface area contributed by atoms with Gasteiger partial charge in [0.25, 0.3) is 0 Å². The van der Waals surface area contributed by atoms with Crippen molar-refractivity contribution in [3.8, 4) is 0 Å². The summed E-state index contributed by atoms with van der Waals surface area (Å²) in [6, 6.07) is 7.53. The average Bonchev–Trinajstić information content (AvgIpc) is 2.06. The maximum absolute atomic E-state index is 10.4. The SMILES string of the molecule is C[C@@H](Cl)Cc1ccc(CC(=O)O)cc1. The number of aliphatic carboxylic acids is 1. The zero-order valence-electron chi connectivity index (χ0n) is 8.03. The molecule has 1 N–H and O–H groups in total. The molecule has 0 spiro atoms. The summed E-state index contributed by atoms with van der Waals surface area (Å²) < 4.78 is 0. The van der Waals surface area contributed by atoms with E-state index in [1.54, 1.807) is 0 Å². The van der Waals surface area contributed by atoms with Crippen molar-refractivity contribution in [1.29, 1.82) is 0 Å². The van der Waals surface area contributed by atoms with E-state index in [9.17, 15) is 4.79 Å². The Balaban J connectivity index is 2.63. The first-order valence-corrected chi connectivity index (χ1v) is 4.95. The van der Waals surface area contributed by atoms with Crippen LogP contribution in [0.25, 0.3) is 0 Å². The van der Waals surface area contributed by atoms with Gasteiger partial charge in [-0.25, -0.2) is 0 Å². The van der Waals surface area contributed by atoms with Crippen LogP contribution in [0, 0.1) is 0 Å². The molecule has 1 aromatic rings. The average molecular weight is 213 g/mol. The van der Waals surface area contributed by atoms with Gasteiger partial charge in [-0.2, -0.15) is 0 Å². The summed E-state index contributed by atoms with van der Waals surface area (Å²) in [7, 11) is 0. The molecule has 0 aromatic heterocycles. The van der Waals surface area contributed by atoms with Gasteiger partial charge >= 0.3 is 5.97 Å². The molecule has 1 rings (SSSR count). The number of carbonyl (C=O) groups is 1. The van der Waals surface area contributed by atoms with Gasteiger partial charge in [-0.1, -0.05) is 24.3 Å². The second-order valence-corrected chi connectivity index (χ2v) is 4.12. The van der Waals surface area contributed by atoms with Crippen LogP contribution in [-0.4, -0.2) is 16.5 Å². The maximum Gasteiger partial charge on any atom is 0.307 e. The number of benzene rings is 1. The molecule has 0 heterocycles. The van der Waals surface area contributed by atoms with E-state index in [-0.39, 0.29) is 11.8 Å². The van der Waals surface area contributed by atoms with Crippen LogP contribution >= 0.6 is 11.6 Å². The lowest BCUT2D eigenvalue weighted by Gasteiger charge is -2.03. The molecular weight excluding hydrogens is 200 g/mol. The van der Waals surface area contributed by atoms with E-state index in [1.807, 2.05) is 31.2 Å². The Kier molecular flexibility index (Phi) is 3.96. The first kappa shape index (κ1) is 11.1. The second-order valence-electron chi connectivity index (χ2n) is 3.37. The molecule has 0 radical (unpaired) electrons. The highest BCUT2D eigenvalue weighted by Crippen LogP contribution is 2.10. The van der Waals surface area contributed by atoms with Crippen LogP contribution < -0.4 is 0 Å². The number of carboxylic acid groups (broad SMARTS) is 1. The van der Waals surface area contributed by atoms with Gasteiger partial charge in [-0.15, -0.1) is 11.6 Å². The predicted molar refractivity (Wildman–Crippen MR) is 56.8 cm³/mol. The van der Waals surface area contributed by atoms with Crippen molar-refractivity contribution in [1.82, 2.24) is 0 Å². The fraction of sp³-hybridized carbons (Fsp3) is 0.364. The fourth-order valence-corrected chi connectivity index (χ4v) is 1.47. The zero-order chi connectivity index (χ0) is 10.6. The van der Waals surface area contributed by atoms with Crippen molar-refractivity contribution in [3.63, 3.8) is 0 Å². The van der Waals surface area contributed by atoms with Crippen LogP contribution in [0.2, 0.25) is 0 Å². The lowest BCUT2D eigenvalue weighted by molar-refractivity contribution is -0.136. The lowest BCUT2D eigenvalue weighted by atomic mass is 10.1. The fourth-order valence-electron chi connectivity index (χ4n) is 1.29. The Labute approximate surface area is 88.5 Å². The Morgan fingerprint density at radius 2 is 1.86 bits per heavy atom. The number of alkyl halides is 1. The van der Waals surface area contributed by atoms with E-state index in [0.29, 0.717) is 0 Å². The topological polar surface area (TPSA) is 37.3 Å². The van der Waals surface area contributed by atoms with Crippen molar-refractivity contribution in [2.45, 2.75) is 25.1 Å². The predicted octanol–water partition coefficient (Wildman–Crippen LogP) is 2.48. The van der Waals surface area contributed by atoms with E-state index in [0.717, 1.165) is 17.5 Å². The smallest absolute Gasteiger partial charge is 0.307 e. The minimum Gasteiger partial charge on any atom is -0.481 e. The van der Waals surface area contributed by atoms with Crippen molar-refractivity contribution in [2.75, 3.05) is 0 Å². The second kappa shape index (κ2) is 5.01. The molecule has 1 aromatic carbocycles. The van der Waals surface area contributed by atoms with Crippen LogP contribution in [0.15, 0.2) is 24.3 Å². The van der Waals surface area contributed by atoms with Gasteiger partial charge < -0.3 is 5.11 Å². The minimum absolute atomic E-state index is 0.0801. The Bertz CT molecular complexity index is 304. The minimum atomic E-state index is -0.802. The van der Waals surface area contributed by atoms with Crippen molar-refractivity contribution in [3.05, 3.63) is 35.4 Å². The summed E-state index contributed by atoms with van der Waals surface area (Å²) in [4.78, 5) is 10.4. The van der Waals surface area contributed by atoms with E-state index in [2.05, 4.69) is 0 Å². The van der Waals surface area contributed by atoms with Gasteiger partial charge in [-0.05, 0) is 24.5 Å². The van der Waals surface area contributed by atoms with Crippen LogP contribution in [-0.2, 0) is 17.6 Å². The molecule has 2 nitrogen and oxygen atoms in total. The molecule has 0 fully saturated rings. The number of rotatable bonds is 4. The van der Waals surface area contributed by atoms with Gasteiger partial charge in [0.1, 0.15) is 0 Å². The summed E-state index contributed by atoms with van der Waals surface area (Å²) in [5.74, 6) is -0.802. The van der Waals surface area contributed by atoms with E-state index in [4.69, 9.17) is 16.7 Å². The van der Waals surface area contributed by atoms with E-state index < -0.39 is 5.97 Å². The first-order chi connectivity index (χ1) is 6.58. The molecule has 0 aliphatic carbocycles. The molecule has 1 atom stereocenters. The molecule has 0 amide bonds. The van der Waals surface area contributed by atoms with Crippen LogP contribution in [0.4, 0.5) is 0 Å². The zero-order valence-corrected chi connectivity index (χ0v) is 8.79. The Morgan fingerprint density at radius 1 is 1.36 bits per heavy atom. The van der Waals surface area contributed by atoms with Crippen LogP contribution in [0.3, 0.4) is 0 Å². The van der Waals surface area contributed by atoms with Crippen LogP contribution in [0.5, 0.6) is 0 Å². The summed E-state index contributed by atoms with van der Waals surface area (Å²) in [5, 5.41) is 8.67. The van der Waals surface area contributed by atoms with Gasteiger partial charge in [0.15, 0.2) is 0 Å². The number of carboxylic acids is 1. The highest BCUT2D eigenvalue weighted by Gasteiger charge is 2.02. The lowest BCUT2D eigenvalue weighted by Crippen LogP contribution is -2.01. The molecule has 0 saturated carbocycles. The van der Waals surface area contributed by atoms with E-state index >= 15 is 0 Å².